The minimum Gasteiger partial charge on any atom is -0.354 e. The minimum absolute atomic E-state index is 0.0633. The molecule has 0 bridgehead atoms. The van der Waals surface area contributed by atoms with Gasteiger partial charge in [0, 0.05) is 12.6 Å². The summed E-state index contributed by atoms with van der Waals surface area (Å²) in [6.45, 7) is 0.520. The lowest BCUT2D eigenvalue weighted by molar-refractivity contribution is 0.382. The molecule has 0 unspecified atom stereocenters. The standard InChI is InChI=1S/C17H25N7O3S/c18-28(26,27)14-8-6-12(7-9-14)10-11-19-15-21-16(23-17(22-15)24-25)20-13-4-2-1-3-5-13/h6-9,13,25H,1-5,10-11H2,(H2,18,26,27)(H3,19,20,21,22,23,24). The first-order chi connectivity index (χ1) is 13.4. The molecule has 2 aromatic rings. The number of aromatic nitrogens is 3. The van der Waals surface area contributed by atoms with Gasteiger partial charge in [-0.05, 0) is 37.0 Å². The van der Waals surface area contributed by atoms with E-state index in [2.05, 4.69) is 25.6 Å². The van der Waals surface area contributed by atoms with E-state index in [1.165, 1.54) is 31.4 Å². The van der Waals surface area contributed by atoms with Crippen LogP contribution in [0.3, 0.4) is 0 Å². The molecule has 0 atom stereocenters. The maximum atomic E-state index is 11.3. The number of sulfonamides is 1. The van der Waals surface area contributed by atoms with Crippen LogP contribution in [0.4, 0.5) is 17.8 Å². The van der Waals surface area contributed by atoms with E-state index in [9.17, 15) is 8.42 Å². The third-order valence-corrected chi connectivity index (χ3v) is 5.55. The Hall–Kier alpha value is -2.50. The van der Waals surface area contributed by atoms with Gasteiger partial charge in [-0.2, -0.15) is 15.0 Å². The Morgan fingerprint density at radius 3 is 2.29 bits per heavy atom. The van der Waals surface area contributed by atoms with Crippen molar-refractivity contribution >= 4 is 27.9 Å². The van der Waals surface area contributed by atoms with Crippen molar-refractivity contribution in [1.29, 1.82) is 0 Å². The van der Waals surface area contributed by atoms with Crippen molar-refractivity contribution in [3.05, 3.63) is 29.8 Å². The van der Waals surface area contributed by atoms with E-state index in [0.717, 1.165) is 18.4 Å². The Bertz CT molecular complexity index is 884. The first-order valence-corrected chi connectivity index (χ1v) is 10.8. The molecular weight excluding hydrogens is 382 g/mol. The van der Waals surface area contributed by atoms with Crippen molar-refractivity contribution in [2.75, 3.05) is 22.7 Å². The molecule has 0 saturated heterocycles. The predicted molar refractivity (Wildman–Crippen MR) is 106 cm³/mol. The van der Waals surface area contributed by atoms with Gasteiger partial charge in [0.15, 0.2) is 0 Å². The van der Waals surface area contributed by atoms with Gasteiger partial charge in [-0.3, -0.25) is 5.21 Å². The number of hydrogen-bond donors (Lipinski definition) is 5. The number of anilines is 3. The average Bonchev–Trinajstić information content (AvgIpc) is 2.68. The normalized spacial score (nSPS) is 15.2. The molecule has 6 N–H and O–H groups in total. The highest BCUT2D eigenvalue weighted by atomic mass is 32.2. The second-order valence-corrected chi connectivity index (χ2v) is 8.32. The van der Waals surface area contributed by atoms with E-state index in [4.69, 9.17) is 10.3 Å². The van der Waals surface area contributed by atoms with Crippen LogP contribution in [0.15, 0.2) is 29.2 Å². The summed E-state index contributed by atoms with van der Waals surface area (Å²) in [6, 6.07) is 6.71. The summed E-state index contributed by atoms with van der Waals surface area (Å²) in [7, 11) is -3.69. The molecule has 0 amide bonds. The first-order valence-electron chi connectivity index (χ1n) is 9.22. The van der Waals surface area contributed by atoms with E-state index in [-0.39, 0.29) is 10.8 Å². The monoisotopic (exact) mass is 407 g/mol. The molecule has 0 aliphatic heterocycles. The number of rotatable bonds is 8. The second kappa shape index (κ2) is 9.13. The van der Waals surface area contributed by atoms with Gasteiger partial charge in [-0.25, -0.2) is 19.0 Å². The van der Waals surface area contributed by atoms with Crippen molar-refractivity contribution in [2.24, 2.45) is 5.14 Å². The van der Waals surface area contributed by atoms with Crippen molar-refractivity contribution < 1.29 is 13.6 Å². The molecule has 10 nitrogen and oxygen atoms in total. The van der Waals surface area contributed by atoms with Crippen LogP contribution in [0.25, 0.3) is 0 Å². The zero-order valence-electron chi connectivity index (χ0n) is 15.4. The molecule has 0 radical (unpaired) electrons. The highest BCUT2D eigenvalue weighted by Crippen LogP contribution is 2.21. The molecule has 3 rings (SSSR count). The van der Waals surface area contributed by atoms with Crippen LogP contribution >= 0.6 is 0 Å². The van der Waals surface area contributed by atoms with E-state index >= 15 is 0 Å². The lowest BCUT2D eigenvalue weighted by atomic mass is 9.96. The van der Waals surface area contributed by atoms with E-state index < -0.39 is 10.0 Å². The van der Waals surface area contributed by atoms with Crippen molar-refractivity contribution in [1.82, 2.24) is 15.0 Å². The van der Waals surface area contributed by atoms with Gasteiger partial charge >= 0.3 is 0 Å². The molecule has 1 aromatic carbocycles. The zero-order valence-corrected chi connectivity index (χ0v) is 16.2. The molecule has 1 aliphatic rings. The molecule has 1 fully saturated rings. The fourth-order valence-corrected chi connectivity index (χ4v) is 3.68. The second-order valence-electron chi connectivity index (χ2n) is 6.76. The summed E-state index contributed by atoms with van der Waals surface area (Å²) in [5.41, 5.74) is 2.90. The summed E-state index contributed by atoms with van der Waals surface area (Å²) in [5, 5.41) is 20.7. The minimum atomic E-state index is -3.69. The van der Waals surface area contributed by atoms with Crippen LogP contribution in [0, 0.1) is 0 Å². The number of primary sulfonamides is 1. The van der Waals surface area contributed by atoms with Crippen LogP contribution < -0.4 is 21.3 Å². The highest BCUT2D eigenvalue weighted by Gasteiger charge is 2.15. The zero-order chi connectivity index (χ0) is 20.0. The molecular formula is C17H25N7O3S. The summed E-state index contributed by atoms with van der Waals surface area (Å²) >= 11 is 0. The number of hydrogen-bond acceptors (Lipinski definition) is 9. The molecule has 1 aromatic heterocycles. The Morgan fingerprint density at radius 2 is 1.64 bits per heavy atom. The van der Waals surface area contributed by atoms with Crippen molar-refractivity contribution in [3.63, 3.8) is 0 Å². The SMILES string of the molecule is NS(=O)(=O)c1ccc(CCNc2nc(NO)nc(NC3CCCCC3)n2)cc1. The predicted octanol–water partition coefficient (Wildman–Crippen LogP) is 1.72. The molecule has 1 aliphatic carbocycles. The van der Waals surface area contributed by atoms with Gasteiger partial charge in [0.1, 0.15) is 0 Å². The summed E-state index contributed by atoms with van der Waals surface area (Å²) in [4.78, 5) is 12.7. The quantitative estimate of drug-likeness (QED) is 0.411. The Labute approximate surface area is 164 Å². The Balaban J connectivity index is 1.59. The molecule has 152 valence electrons. The molecule has 1 saturated carbocycles. The van der Waals surface area contributed by atoms with Crippen LogP contribution in [0.2, 0.25) is 0 Å². The average molecular weight is 408 g/mol. The molecule has 11 heteroatoms. The van der Waals surface area contributed by atoms with Gasteiger partial charge in [-0.15, -0.1) is 0 Å². The number of nitrogens with two attached hydrogens (primary N) is 1. The van der Waals surface area contributed by atoms with Gasteiger partial charge < -0.3 is 10.6 Å². The first kappa shape index (κ1) is 20.2. The molecule has 1 heterocycles. The van der Waals surface area contributed by atoms with Crippen LogP contribution in [0.5, 0.6) is 0 Å². The van der Waals surface area contributed by atoms with E-state index in [0.29, 0.717) is 30.9 Å². The molecule has 0 spiro atoms. The van der Waals surface area contributed by atoms with Crippen LogP contribution in [-0.4, -0.2) is 41.2 Å². The third-order valence-electron chi connectivity index (χ3n) is 4.62. The van der Waals surface area contributed by atoms with Gasteiger partial charge in [0.2, 0.25) is 21.9 Å². The number of benzene rings is 1. The Morgan fingerprint density at radius 1 is 1.00 bits per heavy atom. The topological polar surface area (TPSA) is 155 Å². The largest absolute Gasteiger partial charge is 0.354 e. The number of nitrogens with one attached hydrogen (secondary N) is 3. The summed E-state index contributed by atoms with van der Waals surface area (Å²) in [5.74, 6) is 0.817. The maximum Gasteiger partial charge on any atom is 0.253 e. The molecule has 28 heavy (non-hydrogen) atoms. The van der Waals surface area contributed by atoms with Gasteiger partial charge in [0.25, 0.3) is 5.95 Å². The fraction of sp³-hybridized carbons (Fsp3) is 0.471. The van der Waals surface area contributed by atoms with Gasteiger partial charge in [0.05, 0.1) is 4.90 Å². The lowest BCUT2D eigenvalue weighted by Gasteiger charge is -2.22. The lowest BCUT2D eigenvalue weighted by Crippen LogP contribution is -2.24. The highest BCUT2D eigenvalue weighted by molar-refractivity contribution is 7.89. The van der Waals surface area contributed by atoms with Crippen LogP contribution in [-0.2, 0) is 16.4 Å². The van der Waals surface area contributed by atoms with Gasteiger partial charge in [-0.1, -0.05) is 31.4 Å². The van der Waals surface area contributed by atoms with E-state index in [1.807, 2.05) is 5.48 Å². The van der Waals surface area contributed by atoms with Crippen LogP contribution in [0.1, 0.15) is 37.7 Å². The van der Waals surface area contributed by atoms with Crippen molar-refractivity contribution in [3.8, 4) is 0 Å². The summed E-state index contributed by atoms with van der Waals surface area (Å²) < 4.78 is 22.6. The number of nitrogens with zero attached hydrogens (tertiary/aromatic N) is 3. The van der Waals surface area contributed by atoms with Crippen molar-refractivity contribution in [2.45, 2.75) is 49.5 Å². The van der Waals surface area contributed by atoms with E-state index in [1.54, 1.807) is 12.1 Å². The fourth-order valence-electron chi connectivity index (χ4n) is 3.16. The Kier molecular flexibility index (Phi) is 6.60. The smallest absolute Gasteiger partial charge is 0.253 e. The maximum absolute atomic E-state index is 11.3. The summed E-state index contributed by atoms with van der Waals surface area (Å²) in [6.07, 6.45) is 6.40. The third kappa shape index (κ3) is 5.75.